The zero-order valence-electron chi connectivity index (χ0n) is 13.9. The number of nitrogens with two attached hydrogens (primary N) is 1. The van der Waals surface area contributed by atoms with Gasteiger partial charge in [0.1, 0.15) is 5.75 Å². The quantitative estimate of drug-likeness (QED) is 0.374. The molecule has 0 atom stereocenters. The number of carbonyl (C=O) groups is 1. The molecule has 2 amide bonds. The first kappa shape index (κ1) is 18.2. The molecule has 2 aromatic carbocycles. The van der Waals surface area contributed by atoms with Crippen LogP contribution in [0.1, 0.15) is 12.5 Å². The minimum absolute atomic E-state index is 0.471. The molecule has 0 saturated heterocycles. The monoisotopic (exact) mass is 357 g/mol. The van der Waals surface area contributed by atoms with Gasteiger partial charge in [-0.15, -0.1) is 0 Å². The maximum atomic E-state index is 10.7. The van der Waals surface area contributed by atoms with E-state index in [4.69, 9.17) is 22.7 Å². The Balaban J connectivity index is 1.94. The molecule has 0 unspecified atom stereocenters. The Morgan fingerprint density at radius 1 is 1.04 bits per heavy atom. The zero-order valence-corrected chi connectivity index (χ0v) is 14.7. The van der Waals surface area contributed by atoms with E-state index >= 15 is 0 Å². The van der Waals surface area contributed by atoms with E-state index < -0.39 is 6.03 Å². The van der Waals surface area contributed by atoms with Gasteiger partial charge in [0.2, 0.25) is 0 Å². The van der Waals surface area contributed by atoms with E-state index in [0.29, 0.717) is 10.8 Å². The van der Waals surface area contributed by atoms with Crippen molar-refractivity contribution in [3.63, 3.8) is 0 Å². The standard InChI is InChI=1S/C17H19N5O2S/c1-11(21-22-16(18)23)12-3-5-13(6-4-12)19-17(25)20-14-7-9-15(24-2)10-8-14/h3-10H,1-2H3,(H3,18,22,23)(H2,19,20,25)/b21-11+. The first-order valence-electron chi connectivity index (χ1n) is 7.40. The lowest BCUT2D eigenvalue weighted by atomic mass is 10.1. The van der Waals surface area contributed by atoms with Gasteiger partial charge in [0.15, 0.2) is 5.11 Å². The number of amides is 2. The van der Waals surface area contributed by atoms with Crippen molar-refractivity contribution >= 4 is 40.4 Å². The summed E-state index contributed by atoms with van der Waals surface area (Å²) < 4.78 is 5.11. The largest absolute Gasteiger partial charge is 0.497 e. The summed E-state index contributed by atoms with van der Waals surface area (Å²) in [7, 11) is 1.62. The number of hydrogen-bond acceptors (Lipinski definition) is 4. The highest BCUT2D eigenvalue weighted by atomic mass is 32.1. The van der Waals surface area contributed by atoms with Crippen molar-refractivity contribution in [1.29, 1.82) is 0 Å². The van der Waals surface area contributed by atoms with Gasteiger partial charge in [-0.25, -0.2) is 10.2 Å². The Morgan fingerprint density at radius 3 is 2.04 bits per heavy atom. The number of hydrazone groups is 1. The molecule has 0 saturated carbocycles. The minimum Gasteiger partial charge on any atom is -0.497 e. The van der Waals surface area contributed by atoms with E-state index in [1.165, 1.54) is 0 Å². The van der Waals surface area contributed by atoms with Crippen LogP contribution in [0.4, 0.5) is 16.2 Å². The first-order valence-corrected chi connectivity index (χ1v) is 7.81. The van der Waals surface area contributed by atoms with Crippen molar-refractivity contribution in [1.82, 2.24) is 5.43 Å². The van der Waals surface area contributed by atoms with Crippen LogP contribution in [0.2, 0.25) is 0 Å². The summed E-state index contributed by atoms with van der Waals surface area (Å²) in [4.78, 5) is 10.7. The molecule has 0 aromatic heterocycles. The molecular formula is C17H19N5O2S. The van der Waals surface area contributed by atoms with E-state index in [-0.39, 0.29) is 0 Å². The van der Waals surface area contributed by atoms with Crippen LogP contribution in [-0.4, -0.2) is 24.0 Å². The Bertz CT molecular complexity index is 773. The van der Waals surface area contributed by atoms with Crippen molar-refractivity contribution in [2.24, 2.45) is 10.8 Å². The molecule has 130 valence electrons. The van der Waals surface area contributed by atoms with Gasteiger partial charge >= 0.3 is 6.03 Å². The van der Waals surface area contributed by atoms with E-state index in [1.807, 2.05) is 48.5 Å². The van der Waals surface area contributed by atoms with E-state index in [2.05, 4.69) is 21.2 Å². The van der Waals surface area contributed by atoms with Crippen molar-refractivity contribution in [2.45, 2.75) is 6.92 Å². The fraction of sp³-hybridized carbons (Fsp3) is 0.118. The van der Waals surface area contributed by atoms with Crippen LogP contribution in [0.3, 0.4) is 0 Å². The van der Waals surface area contributed by atoms with Crippen LogP contribution < -0.4 is 26.5 Å². The second-order valence-electron chi connectivity index (χ2n) is 5.06. The molecule has 0 bridgehead atoms. The fourth-order valence-electron chi connectivity index (χ4n) is 1.97. The predicted molar refractivity (Wildman–Crippen MR) is 104 cm³/mol. The maximum Gasteiger partial charge on any atom is 0.332 e. The third-order valence-electron chi connectivity index (χ3n) is 3.24. The molecule has 0 aliphatic heterocycles. The highest BCUT2D eigenvalue weighted by Crippen LogP contribution is 2.16. The first-order chi connectivity index (χ1) is 12.0. The zero-order chi connectivity index (χ0) is 18.2. The SMILES string of the molecule is COc1ccc(NC(=S)Nc2ccc(/C(C)=N/NC(N)=O)cc2)cc1. The van der Waals surface area contributed by atoms with Gasteiger partial charge in [0, 0.05) is 11.4 Å². The van der Waals surface area contributed by atoms with Crippen LogP contribution in [0, 0.1) is 0 Å². The molecular weight excluding hydrogens is 338 g/mol. The summed E-state index contributed by atoms with van der Waals surface area (Å²) in [5, 5.41) is 10.5. The number of rotatable bonds is 5. The van der Waals surface area contributed by atoms with Crippen molar-refractivity contribution in [3.05, 3.63) is 54.1 Å². The highest BCUT2D eigenvalue weighted by molar-refractivity contribution is 7.80. The number of thiocarbonyl (C=S) groups is 1. The lowest BCUT2D eigenvalue weighted by Crippen LogP contribution is -2.25. The Hall–Kier alpha value is -3.13. The summed E-state index contributed by atoms with van der Waals surface area (Å²) in [6.07, 6.45) is 0. The summed E-state index contributed by atoms with van der Waals surface area (Å²) in [6.45, 7) is 1.77. The number of primary amides is 1. The number of nitrogens with zero attached hydrogens (tertiary/aromatic N) is 1. The Kier molecular flexibility index (Phi) is 6.30. The van der Waals surface area contributed by atoms with Gasteiger partial charge in [0.05, 0.1) is 12.8 Å². The van der Waals surface area contributed by atoms with Crippen molar-refractivity contribution in [3.8, 4) is 5.75 Å². The second kappa shape index (κ2) is 8.65. The van der Waals surface area contributed by atoms with Crippen LogP contribution in [0.5, 0.6) is 5.75 Å². The maximum absolute atomic E-state index is 10.7. The number of carbonyl (C=O) groups excluding carboxylic acids is 1. The molecule has 2 aromatic rings. The number of anilines is 2. The highest BCUT2D eigenvalue weighted by Gasteiger charge is 2.02. The Labute approximate surface area is 151 Å². The number of ether oxygens (including phenoxy) is 1. The third kappa shape index (κ3) is 5.78. The molecule has 0 fully saturated rings. The minimum atomic E-state index is -0.701. The van der Waals surface area contributed by atoms with Gasteiger partial charge in [0.25, 0.3) is 0 Å². The van der Waals surface area contributed by atoms with Gasteiger partial charge in [-0.2, -0.15) is 5.10 Å². The summed E-state index contributed by atoms with van der Waals surface area (Å²) in [5.74, 6) is 0.780. The number of urea groups is 1. The average molecular weight is 357 g/mol. The molecule has 0 radical (unpaired) electrons. The summed E-state index contributed by atoms with van der Waals surface area (Å²) >= 11 is 5.30. The van der Waals surface area contributed by atoms with Crippen LogP contribution in [0.15, 0.2) is 53.6 Å². The normalized spacial score (nSPS) is 10.7. The topological polar surface area (TPSA) is 101 Å². The lowest BCUT2D eigenvalue weighted by Gasteiger charge is -2.11. The lowest BCUT2D eigenvalue weighted by molar-refractivity contribution is 0.249. The second-order valence-corrected chi connectivity index (χ2v) is 5.47. The average Bonchev–Trinajstić information content (AvgIpc) is 2.61. The fourth-order valence-corrected chi connectivity index (χ4v) is 2.20. The van der Waals surface area contributed by atoms with Crippen LogP contribution in [-0.2, 0) is 0 Å². The van der Waals surface area contributed by atoms with Gasteiger partial charge in [-0.1, -0.05) is 12.1 Å². The van der Waals surface area contributed by atoms with Crippen molar-refractivity contribution < 1.29 is 9.53 Å². The molecule has 2 rings (SSSR count). The molecule has 0 aliphatic carbocycles. The van der Waals surface area contributed by atoms with Crippen LogP contribution >= 0.6 is 12.2 Å². The number of hydrogen-bond donors (Lipinski definition) is 4. The summed E-state index contributed by atoms with van der Waals surface area (Å²) in [6, 6.07) is 14.2. The molecule has 8 heteroatoms. The molecule has 0 heterocycles. The van der Waals surface area contributed by atoms with E-state index in [1.54, 1.807) is 14.0 Å². The van der Waals surface area contributed by atoms with E-state index in [0.717, 1.165) is 22.7 Å². The van der Waals surface area contributed by atoms with Gasteiger partial charge < -0.3 is 21.1 Å². The number of benzene rings is 2. The molecule has 0 spiro atoms. The third-order valence-corrected chi connectivity index (χ3v) is 3.45. The Morgan fingerprint density at radius 2 is 1.56 bits per heavy atom. The molecule has 25 heavy (non-hydrogen) atoms. The number of nitrogens with one attached hydrogen (secondary N) is 3. The summed E-state index contributed by atoms with van der Waals surface area (Å²) in [5.41, 5.74) is 10.4. The van der Waals surface area contributed by atoms with Gasteiger partial charge in [-0.3, -0.25) is 0 Å². The molecule has 7 nitrogen and oxygen atoms in total. The van der Waals surface area contributed by atoms with Crippen molar-refractivity contribution in [2.75, 3.05) is 17.7 Å². The predicted octanol–water partition coefficient (Wildman–Crippen LogP) is 2.90. The van der Waals surface area contributed by atoms with Gasteiger partial charge in [-0.05, 0) is 61.1 Å². The molecule has 5 N–H and O–H groups in total. The smallest absolute Gasteiger partial charge is 0.332 e. The number of methoxy groups -OCH3 is 1. The van der Waals surface area contributed by atoms with Crippen LogP contribution in [0.25, 0.3) is 0 Å². The van der Waals surface area contributed by atoms with E-state index in [9.17, 15) is 4.79 Å². The molecule has 0 aliphatic rings.